The summed E-state index contributed by atoms with van der Waals surface area (Å²) < 4.78 is 2.66. The monoisotopic (exact) mass is 369 g/mol. The fourth-order valence-corrected chi connectivity index (χ4v) is 3.52. The lowest BCUT2D eigenvalue weighted by Gasteiger charge is -2.04. The molecule has 0 saturated heterocycles. The Hall–Kier alpha value is -2.77. The molecular formula is C17H12ClN5OS. The van der Waals surface area contributed by atoms with E-state index < -0.39 is 0 Å². The van der Waals surface area contributed by atoms with Crippen molar-refractivity contribution in [2.45, 2.75) is 6.54 Å². The molecule has 0 spiro atoms. The maximum atomic E-state index is 12.4. The number of fused-ring (bicyclic) bond motifs is 1. The second kappa shape index (κ2) is 6.62. The summed E-state index contributed by atoms with van der Waals surface area (Å²) >= 11 is 7.37. The molecule has 0 atom stereocenters. The fourth-order valence-electron chi connectivity index (χ4n) is 2.38. The second-order valence-corrected chi connectivity index (χ2v) is 6.84. The number of nitrogens with one attached hydrogen (secondary N) is 1. The van der Waals surface area contributed by atoms with Gasteiger partial charge in [-0.2, -0.15) is 5.10 Å². The number of thiazole rings is 1. The molecule has 6 nitrogen and oxygen atoms in total. The van der Waals surface area contributed by atoms with Gasteiger partial charge in [-0.05, 0) is 35.9 Å². The maximum absolute atomic E-state index is 12.4. The minimum atomic E-state index is -0.197. The minimum absolute atomic E-state index is 0.197. The predicted molar refractivity (Wildman–Crippen MR) is 98.1 cm³/mol. The van der Waals surface area contributed by atoms with Gasteiger partial charge in [0.2, 0.25) is 0 Å². The molecule has 8 heteroatoms. The highest BCUT2D eigenvalue weighted by Crippen LogP contribution is 2.28. The molecule has 2 aromatic carbocycles. The summed E-state index contributed by atoms with van der Waals surface area (Å²) in [6, 6.07) is 12.8. The fraction of sp³-hybridized carbons (Fsp3) is 0.0588. The SMILES string of the molecule is O=C(Nc1nc2ccc(Cl)cc2s1)c1ccc(Cn2cncn2)cc1. The van der Waals surface area contributed by atoms with Gasteiger partial charge in [0.25, 0.3) is 5.91 Å². The maximum Gasteiger partial charge on any atom is 0.257 e. The van der Waals surface area contributed by atoms with Crippen LogP contribution in [-0.4, -0.2) is 25.7 Å². The van der Waals surface area contributed by atoms with Crippen LogP contribution in [0.3, 0.4) is 0 Å². The van der Waals surface area contributed by atoms with Crippen LogP contribution >= 0.6 is 22.9 Å². The van der Waals surface area contributed by atoms with E-state index in [1.807, 2.05) is 24.3 Å². The molecule has 0 saturated carbocycles. The van der Waals surface area contributed by atoms with E-state index in [0.717, 1.165) is 15.8 Å². The lowest BCUT2D eigenvalue weighted by atomic mass is 10.1. The van der Waals surface area contributed by atoms with Gasteiger partial charge in [0.05, 0.1) is 16.8 Å². The van der Waals surface area contributed by atoms with E-state index in [4.69, 9.17) is 11.6 Å². The van der Waals surface area contributed by atoms with Crippen LogP contribution in [0.15, 0.2) is 55.1 Å². The Morgan fingerprint density at radius 1 is 1.20 bits per heavy atom. The topological polar surface area (TPSA) is 72.7 Å². The molecule has 1 amide bonds. The van der Waals surface area contributed by atoms with Crippen LogP contribution in [0, 0.1) is 0 Å². The van der Waals surface area contributed by atoms with Crippen LogP contribution in [0.4, 0.5) is 5.13 Å². The Labute approximate surface area is 152 Å². The summed E-state index contributed by atoms with van der Waals surface area (Å²) in [5, 5.41) is 8.09. The summed E-state index contributed by atoms with van der Waals surface area (Å²) in [5.41, 5.74) is 2.42. The van der Waals surface area contributed by atoms with E-state index in [0.29, 0.717) is 22.3 Å². The van der Waals surface area contributed by atoms with E-state index in [2.05, 4.69) is 20.4 Å². The average Bonchev–Trinajstić information content (AvgIpc) is 3.24. The number of hydrogen-bond acceptors (Lipinski definition) is 5. The molecule has 0 aliphatic heterocycles. The van der Waals surface area contributed by atoms with Crippen molar-refractivity contribution in [2.75, 3.05) is 5.32 Å². The predicted octanol–water partition coefficient (Wildman–Crippen LogP) is 3.84. The van der Waals surface area contributed by atoms with E-state index in [1.54, 1.807) is 29.2 Å². The van der Waals surface area contributed by atoms with Crippen molar-refractivity contribution >= 4 is 44.2 Å². The first-order chi connectivity index (χ1) is 12.2. The molecule has 2 aromatic heterocycles. The second-order valence-electron chi connectivity index (χ2n) is 5.38. The van der Waals surface area contributed by atoms with E-state index >= 15 is 0 Å². The van der Waals surface area contributed by atoms with E-state index in [1.165, 1.54) is 17.7 Å². The number of rotatable bonds is 4. The number of aromatic nitrogens is 4. The highest BCUT2D eigenvalue weighted by atomic mass is 35.5. The van der Waals surface area contributed by atoms with Gasteiger partial charge in [-0.15, -0.1) is 0 Å². The van der Waals surface area contributed by atoms with Crippen molar-refractivity contribution in [1.82, 2.24) is 19.7 Å². The van der Waals surface area contributed by atoms with Gasteiger partial charge in [0.15, 0.2) is 5.13 Å². The number of benzene rings is 2. The Balaban J connectivity index is 1.48. The zero-order chi connectivity index (χ0) is 17.2. The lowest BCUT2D eigenvalue weighted by Crippen LogP contribution is -2.11. The Bertz CT molecular complexity index is 1030. The number of carbonyl (C=O) groups is 1. The summed E-state index contributed by atoms with van der Waals surface area (Å²) in [6.45, 7) is 0.612. The van der Waals surface area contributed by atoms with Gasteiger partial charge in [-0.3, -0.25) is 10.1 Å². The molecule has 1 N–H and O–H groups in total. The molecule has 0 aliphatic carbocycles. The molecule has 0 bridgehead atoms. The van der Waals surface area contributed by atoms with Gasteiger partial charge in [0, 0.05) is 10.6 Å². The van der Waals surface area contributed by atoms with Crippen LogP contribution in [0.25, 0.3) is 10.2 Å². The van der Waals surface area contributed by atoms with Crippen LogP contribution < -0.4 is 5.32 Å². The highest BCUT2D eigenvalue weighted by molar-refractivity contribution is 7.22. The zero-order valence-electron chi connectivity index (χ0n) is 12.9. The van der Waals surface area contributed by atoms with Gasteiger partial charge in [-0.25, -0.2) is 14.6 Å². The Morgan fingerprint density at radius 2 is 2.04 bits per heavy atom. The molecule has 0 radical (unpaired) electrons. The molecule has 0 aliphatic rings. The number of nitrogens with zero attached hydrogens (tertiary/aromatic N) is 4. The smallest absolute Gasteiger partial charge is 0.257 e. The highest BCUT2D eigenvalue weighted by Gasteiger charge is 2.10. The summed E-state index contributed by atoms with van der Waals surface area (Å²) in [7, 11) is 0. The van der Waals surface area contributed by atoms with Crippen LogP contribution in [0.1, 0.15) is 15.9 Å². The summed E-state index contributed by atoms with van der Waals surface area (Å²) in [5.74, 6) is -0.197. The third-order valence-corrected chi connectivity index (χ3v) is 4.77. The van der Waals surface area contributed by atoms with Gasteiger partial charge in [0.1, 0.15) is 12.7 Å². The van der Waals surface area contributed by atoms with Crippen molar-refractivity contribution in [3.63, 3.8) is 0 Å². The quantitative estimate of drug-likeness (QED) is 0.593. The molecule has 4 rings (SSSR count). The van der Waals surface area contributed by atoms with Crippen molar-refractivity contribution in [3.8, 4) is 0 Å². The minimum Gasteiger partial charge on any atom is -0.298 e. The first kappa shape index (κ1) is 15.7. The summed E-state index contributed by atoms with van der Waals surface area (Å²) in [4.78, 5) is 20.7. The van der Waals surface area contributed by atoms with Crippen LogP contribution in [0.2, 0.25) is 5.02 Å². The number of hydrogen-bond donors (Lipinski definition) is 1. The molecular weight excluding hydrogens is 358 g/mol. The number of halogens is 1. The number of carbonyl (C=O) groups excluding carboxylic acids is 1. The molecule has 4 aromatic rings. The van der Waals surface area contributed by atoms with Crippen LogP contribution in [0.5, 0.6) is 0 Å². The van der Waals surface area contributed by atoms with Crippen molar-refractivity contribution in [3.05, 3.63) is 71.3 Å². The molecule has 0 unspecified atom stereocenters. The van der Waals surface area contributed by atoms with E-state index in [9.17, 15) is 4.79 Å². The first-order valence-electron chi connectivity index (χ1n) is 7.46. The first-order valence-corrected chi connectivity index (χ1v) is 8.66. The standard InChI is InChI=1S/C17H12ClN5OS/c18-13-5-6-14-15(7-13)25-17(21-14)22-16(24)12-3-1-11(2-4-12)8-23-10-19-9-20-23/h1-7,9-10H,8H2,(H,21,22,24). The largest absolute Gasteiger partial charge is 0.298 e. The van der Waals surface area contributed by atoms with Gasteiger partial charge < -0.3 is 0 Å². The third-order valence-electron chi connectivity index (χ3n) is 3.60. The van der Waals surface area contributed by atoms with E-state index in [-0.39, 0.29) is 5.91 Å². The molecule has 0 fully saturated rings. The lowest BCUT2D eigenvalue weighted by molar-refractivity contribution is 0.102. The molecule has 25 heavy (non-hydrogen) atoms. The normalized spacial score (nSPS) is 10.9. The van der Waals surface area contributed by atoms with Gasteiger partial charge >= 0.3 is 0 Å². The van der Waals surface area contributed by atoms with Crippen molar-refractivity contribution < 1.29 is 4.79 Å². The number of amides is 1. The van der Waals surface area contributed by atoms with Gasteiger partial charge in [-0.1, -0.05) is 35.1 Å². The molecule has 2 heterocycles. The zero-order valence-corrected chi connectivity index (χ0v) is 14.5. The van der Waals surface area contributed by atoms with Crippen LogP contribution in [-0.2, 0) is 6.54 Å². The van der Waals surface area contributed by atoms with Crippen molar-refractivity contribution in [1.29, 1.82) is 0 Å². The van der Waals surface area contributed by atoms with Crippen molar-refractivity contribution in [2.24, 2.45) is 0 Å². The Morgan fingerprint density at radius 3 is 2.80 bits per heavy atom. The molecule has 124 valence electrons. The third kappa shape index (κ3) is 3.52. The Kier molecular flexibility index (Phi) is 4.17. The number of anilines is 1. The summed E-state index contributed by atoms with van der Waals surface area (Å²) in [6.07, 6.45) is 3.15. The average molecular weight is 370 g/mol.